The molecule has 0 fully saturated rings. The third-order valence-electron chi connectivity index (χ3n) is 3.36. The third-order valence-corrected chi connectivity index (χ3v) is 5.28. The molecule has 1 heterocycles. The molecule has 0 radical (unpaired) electrons. The number of fused-ring (bicyclic) bond motifs is 1. The predicted octanol–water partition coefficient (Wildman–Crippen LogP) is 3.82. The number of halogens is 4. The van der Waals surface area contributed by atoms with Crippen molar-refractivity contribution in [2.45, 2.75) is 17.9 Å². The molecule has 2 aromatic carbocycles. The van der Waals surface area contributed by atoms with Crippen LogP contribution in [0.1, 0.15) is 15.9 Å². The molecule has 1 aliphatic heterocycles. The van der Waals surface area contributed by atoms with E-state index in [2.05, 4.69) is 25.4 Å². The average Bonchev–Trinajstić information content (AvgIpc) is 2.86. The van der Waals surface area contributed by atoms with Crippen LogP contribution in [0.4, 0.5) is 18.9 Å². The lowest BCUT2D eigenvalue weighted by Crippen LogP contribution is -2.21. The number of carbonyl (C=O) groups is 1. The lowest BCUT2D eigenvalue weighted by atomic mass is 10.1. The van der Waals surface area contributed by atoms with Crippen LogP contribution in [0.2, 0.25) is 0 Å². The van der Waals surface area contributed by atoms with E-state index in [0.29, 0.717) is 5.56 Å². The summed E-state index contributed by atoms with van der Waals surface area (Å²) in [5.41, 5.74) is 0.777. The highest BCUT2D eigenvalue weighted by atomic mass is 79.9. The normalized spacial score (nSPS) is 13.9. The summed E-state index contributed by atoms with van der Waals surface area (Å²) < 4.78 is 73.7. The summed E-state index contributed by atoms with van der Waals surface area (Å²) in [5, 5.41) is 0. The summed E-state index contributed by atoms with van der Waals surface area (Å²) >= 11 is 2.96. The minimum absolute atomic E-state index is 0.00322. The van der Waals surface area contributed by atoms with Gasteiger partial charge in [0.25, 0.3) is 10.0 Å². The van der Waals surface area contributed by atoms with E-state index in [1.165, 1.54) is 24.3 Å². The van der Waals surface area contributed by atoms with Gasteiger partial charge < -0.3 is 9.47 Å². The fourth-order valence-corrected chi connectivity index (χ4v) is 3.80. The Labute approximate surface area is 154 Å². The number of nitrogens with one attached hydrogen (secondary N) is 1. The third kappa shape index (κ3) is 3.93. The maximum atomic E-state index is 12.6. The Hall–Kier alpha value is -2.27. The Kier molecular flexibility index (Phi) is 4.61. The van der Waals surface area contributed by atoms with Crippen molar-refractivity contribution < 1.29 is 35.9 Å². The van der Waals surface area contributed by atoms with Gasteiger partial charge in [0.1, 0.15) is 11.5 Å². The van der Waals surface area contributed by atoms with Gasteiger partial charge in [-0.15, -0.1) is 13.2 Å². The van der Waals surface area contributed by atoms with Gasteiger partial charge in [-0.25, -0.2) is 13.2 Å². The smallest absolute Gasteiger partial charge is 0.457 e. The van der Waals surface area contributed by atoms with Gasteiger partial charge in [-0.3, -0.25) is 4.72 Å². The van der Waals surface area contributed by atoms with E-state index in [9.17, 15) is 26.4 Å². The highest BCUT2D eigenvalue weighted by Crippen LogP contribution is 2.33. The van der Waals surface area contributed by atoms with Crippen LogP contribution in [-0.4, -0.2) is 20.7 Å². The van der Waals surface area contributed by atoms with Crippen LogP contribution in [0.5, 0.6) is 5.75 Å². The van der Waals surface area contributed by atoms with Gasteiger partial charge >= 0.3 is 12.3 Å². The summed E-state index contributed by atoms with van der Waals surface area (Å²) in [6.45, 7) is 0.0808. The van der Waals surface area contributed by atoms with Crippen molar-refractivity contribution in [3.63, 3.8) is 0 Å². The number of anilines is 1. The second-order valence-electron chi connectivity index (χ2n) is 5.19. The van der Waals surface area contributed by atoms with Crippen molar-refractivity contribution in [1.29, 1.82) is 0 Å². The molecule has 0 atom stereocenters. The molecule has 0 saturated heterocycles. The summed E-state index contributed by atoms with van der Waals surface area (Å²) in [6, 6.07) is 7.24. The van der Waals surface area contributed by atoms with Gasteiger partial charge in [0.05, 0.1) is 5.56 Å². The number of benzene rings is 2. The number of ether oxygens (including phenoxy) is 2. The van der Waals surface area contributed by atoms with Crippen LogP contribution in [0.15, 0.2) is 45.8 Å². The molecule has 1 N–H and O–H groups in total. The van der Waals surface area contributed by atoms with E-state index in [-0.39, 0.29) is 22.3 Å². The van der Waals surface area contributed by atoms with Gasteiger partial charge in [0.15, 0.2) is 5.75 Å². The van der Waals surface area contributed by atoms with Gasteiger partial charge in [-0.2, -0.15) is 0 Å². The first-order chi connectivity index (χ1) is 12.0. The van der Waals surface area contributed by atoms with Crippen LogP contribution in [-0.2, 0) is 21.4 Å². The summed E-state index contributed by atoms with van der Waals surface area (Å²) in [5.74, 6) is -1.49. The maximum Gasteiger partial charge on any atom is 0.573 e. The zero-order valence-corrected chi connectivity index (χ0v) is 15.0. The van der Waals surface area contributed by atoms with Crippen molar-refractivity contribution in [1.82, 2.24) is 0 Å². The van der Waals surface area contributed by atoms with Crippen LogP contribution in [0.25, 0.3) is 0 Å². The van der Waals surface area contributed by atoms with Crippen molar-refractivity contribution in [2.75, 3.05) is 4.72 Å². The zero-order chi connectivity index (χ0) is 19.1. The lowest BCUT2D eigenvalue weighted by Gasteiger charge is -2.15. The minimum Gasteiger partial charge on any atom is -0.457 e. The number of hydrogen-bond acceptors (Lipinski definition) is 5. The van der Waals surface area contributed by atoms with Gasteiger partial charge in [0.2, 0.25) is 0 Å². The van der Waals surface area contributed by atoms with E-state index >= 15 is 0 Å². The Morgan fingerprint density at radius 1 is 1.15 bits per heavy atom. The second kappa shape index (κ2) is 6.47. The molecule has 0 bridgehead atoms. The molecule has 0 amide bonds. The quantitative estimate of drug-likeness (QED) is 0.714. The fraction of sp³-hybridized carbons (Fsp3) is 0.133. The van der Waals surface area contributed by atoms with Crippen LogP contribution in [0, 0.1) is 0 Å². The van der Waals surface area contributed by atoms with Gasteiger partial charge in [-0.1, -0.05) is 22.0 Å². The number of cyclic esters (lactones) is 1. The fourth-order valence-electron chi connectivity index (χ4n) is 2.30. The molecular weight excluding hydrogens is 443 g/mol. The largest absolute Gasteiger partial charge is 0.573 e. The van der Waals surface area contributed by atoms with E-state index in [4.69, 9.17) is 4.74 Å². The number of alkyl halides is 3. The number of sulfonamides is 1. The van der Waals surface area contributed by atoms with E-state index < -0.39 is 33.0 Å². The van der Waals surface area contributed by atoms with E-state index in [1.54, 1.807) is 0 Å². The Morgan fingerprint density at radius 3 is 2.58 bits per heavy atom. The van der Waals surface area contributed by atoms with Crippen molar-refractivity contribution in [3.8, 4) is 5.75 Å². The molecule has 1 aliphatic rings. The first-order valence-electron chi connectivity index (χ1n) is 6.93. The first kappa shape index (κ1) is 18.5. The second-order valence-corrected chi connectivity index (χ2v) is 7.76. The summed E-state index contributed by atoms with van der Waals surface area (Å²) in [7, 11) is -4.42. The van der Waals surface area contributed by atoms with Crippen LogP contribution in [0.3, 0.4) is 0 Å². The van der Waals surface area contributed by atoms with Crippen molar-refractivity contribution in [2.24, 2.45) is 0 Å². The molecule has 0 saturated carbocycles. The molecule has 26 heavy (non-hydrogen) atoms. The number of carbonyl (C=O) groups excluding carboxylic acids is 1. The number of hydrogen-bond donors (Lipinski definition) is 1. The summed E-state index contributed by atoms with van der Waals surface area (Å²) in [6.07, 6.45) is -5.07. The topological polar surface area (TPSA) is 81.7 Å². The monoisotopic (exact) mass is 451 g/mol. The number of rotatable bonds is 4. The SMILES string of the molecule is O=C1OCc2ccc(NS(=O)(=O)c3ccc(Br)cc3OC(F)(F)F)cc21. The molecule has 0 aliphatic carbocycles. The van der Waals surface area contributed by atoms with Gasteiger partial charge in [0, 0.05) is 15.7 Å². The Bertz CT molecular complexity index is 991. The predicted molar refractivity (Wildman–Crippen MR) is 87.2 cm³/mol. The van der Waals surface area contributed by atoms with Gasteiger partial charge in [-0.05, 0) is 30.3 Å². The van der Waals surface area contributed by atoms with E-state index in [1.807, 2.05) is 0 Å². The van der Waals surface area contributed by atoms with Crippen LogP contribution < -0.4 is 9.46 Å². The molecule has 0 unspecified atom stereocenters. The molecule has 6 nitrogen and oxygen atoms in total. The average molecular weight is 452 g/mol. The number of esters is 1. The maximum absolute atomic E-state index is 12.6. The Balaban J connectivity index is 1.96. The standard InChI is InChI=1S/C15H9BrF3NO5S/c16-9-2-4-13(12(5-9)25-15(17,18)19)26(22,23)20-10-3-1-8-7-24-14(21)11(8)6-10/h1-6,20H,7H2. The first-order valence-corrected chi connectivity index (χ1v) is 9.21. The molecule has 3 rings (SSSR count). The summed E-state index contributed by atoms with van der Waals surface area (Å²) in [4.78, 5) is 10.8. The van der Waals surface area contributed by atoms with E-state index in [0.717, 1.165) is 12.1 Å². The highest BCUT2D eigenvalue weighted by molar-refractivity contribution is 9.10. The zero-order valence-electron chi connectivity index (χ0n) is 12.6. The van der Waals surface area contributed by atoms with Crippen LogP contribution >= 0.6 is 15.9 Å². The Morgan fingerprint density at radius 2 is 1.88 bits per heavy atom. The minimum atomic E-state index is -5.07. The highest BCUT2D eigenvalue weighted by Gasteiger charge is 2.34. The molecular formula is C15H9BrF3NO5S. The molecule has 0 aromatic heterocycles. The van der Waals surface area contributed by atoms with Crippen molar-refractivity contribution in [3.05, 3.63) is 52.0 Å². The lowest BCUT2D eigenvalue weighted by molar-refractivity contribution is -0.275. The molecule has 0 spiro atoms. The molecule has 11 heteroatoms. The molecule has 2 aromatic rings. The molecule has 138 valence electrons. The van der Waals surface area contributed by atoms with Crippen molar-refractivity contribution >= 4 is 37.6 Å².